The first kappa shape index (κ1) is 26.2. The van der Waals surface area contributed by atoms with E-state index in [9.17, 15) is 19.2 Å². The Balaban J connectivity index is 2.11. The molecular formula is C21H24BrN5O8. The molecule has 1 aliphatic heterocycles. The number of hydrogen-bond acceptors (Lipinski definition) is 11. The molecule has 1 aliphatic rings. The van der Waals surface area contributed by atoms with Gasteiger partial charge in [-0.2, -0.15) is 4.98 Å². The van der Waals surface area contributed by atoms with Crippen LogP contribution in [0.5, 0.6) is 0 Å². The predicted molar refractivity (Wildman–Crippen MR) is 123 cm³/mol. The number of carbonyl (C=O) groups is 4. The van der Waals surface area contributed by atoms with Crippen LogP contribution in [0.3, 0.4) is 0 Å². The number of imidazole rings is 1. The minimum atomic E-state index is -1.12. The summed E-state index contributed by atoms with van der Waals surface area (Å²) >= 11 is 3.35. The van der Waals surface area contributed by atoms with Gasteiger partial charge in [0, 0.05) is 34.2 Å². The summed E-state index contributed by atoms with van der Waals surface area (Å²) < 4.78 is 23.7. The number of esters is 3. The third-order valence-corrected chi connectivity index (χ3v) is 5.47. The Morgan fingerprint density at radius 3 is 2.34 bits per heavy atom. The quantitative estimate of drug-likeness (QED) is 0.202. The van der Waals surface area contributed by atoms with Gasteiger partial charge in [0.25, 0.3) is 0 Å². The van der Waals surface area contributed by atoms with Gasteiger partial charge in [0.05, 0.1) is 6.33 Å². The van der Waals surface area contributed by atoms with Crippen molar-refractivity contribution in [1.29, 1.82) is 0 Å². The molecule has 0 unspecified atom stereocenters. The summed E-state index contributed by atoms with van der Waals surface area (Å²) in [6, 6.07) is 0. The molecule has 0 aromatic carbocycles. The number of ether oxygens (including phenoxy) is 4. The summed E-state index contributed by atoms with van der Waals surface area (Å²) in [5.74, 6) is -2.09. The van der Waals surface area contributed by atoms with Crippen LogP contribution in [0.4, 0.5) is 5.95 Å². The van der Waals surface area contributed by atoms with Gasteiger partial charge in [0.1, 0.15) is 22.8 Å². The molecule has 3 heterocycles. The number of rotatable bonds is 8. The van der Waals surface area contributed by atoms with Gasteiger partial charge >= 0.3 is 17.9 Å². The second-order valence-electron chi connectivity index (χ2n) is 7.57. The molecule has 2 aromatic rings. The zero-order valence-electron chi connectivity index (χ0n) is 19.5. The Bertz CT molecular complexity index is 1170. The Morgan fingerprint density at radius 2 is 1.77 bits per heavy atom. The third-order valence-electron chi connectivity index (χ3n) is 4.91. The second-order valence-corrected chi connectivity index (χ2v) is 8.32. The van der Waals surface area contributed by atoms with E-state index in [1.54, 1.807) is 0 Å². The van der Waals surface area contributed by atoms with E-state index >= 15 is 0 Å². The normalized spacial score (nSPS) is 21.4. The molecule has 0 spiro atoms. The van der Waals surface area contributed by atoms with Gasteiger partial charge in [-0.05, 0) is 15.9 Å². The van der Waals surface area contributed by atoms with Crippen LogP contribution >= 0.6 is 15.9 Å². The highest BCUT2D eigenvalue weighted by molar-refractivity contribution is 9.10. The van der Waals surface area contributed by atoms with Crippen LogP contribution in [-0.4, -0.2) is 74.8 Å². The lowest BCUT2D eigenvalue weighted by molar-refractivity contribution is -0.166. The molecule has 0 radical (unpaired) electrons. The largest absolute Gasteiger partial charge is 0.463 e. The van der Waals surface area contributed by atoms with Crippen LogP contribution in [0.15, 0.2) is 23.6 Å². The van der Waals surface area contributed by atoms with Crippen molar-refractivity contribution in [3.8, 4) is 0 Å². The molecule has 4 atom stereocenters. The van der Waals surface area contributed by atoms with E-state index in [0.717, 1.165) is 0 Å². The number of amides is 1. The number of hydrogen-bond donors (Lipinski definition) is 0. The lowest BCUT2D eigenvalue weighted by atomic mass is 10.1. The monoisotopic (exact) mass is 553 g/mol. The SMILES string of the molecule is C=CCN(C(C)=O)c1nc(Br)c2ncn([C@@H]3O[C@H](COC(C)=O)[C@@H](OC(C)=O)[C@H]3OC(C)=O)c2n1. The summed E-state index contributed by atoms with van der Waals surface area (Å²) in [6.07, 6.45) is -1.30. The average Bonchev–Trinajstić information content (AvgIpc) is 3.31. The molecule has 2 aromatic heterocycles. The zero-order chi connectivity index (χ0) is 25.9. The first-order chi connectivity index (χ1) is 16.5. The number of halogens is 1. The Labute approximate surface area is 208 Å². The van der Waals surface area contributed by atoms with Crippen molar-refractivity contribution in [3.05, 3.63) is 23.6 Å². The standard InChI is InChI=1S/C21H24BrN5O8/c1-6-7-26(10(2)28)21-24-18(22)15-19(25-21)27(9-23-15)20-17(34-13(5)31)16(33-12(4)30)14(35-20)8-32-11(3)29/h6,9,14,16-17,20H,1,7-8H2,2-5H3/t14-,16-,17-,20-/m1/s1. The van der Waals surface area contributed by atoms with Crippen LogP contribution in [0, 0.1) is 0 Å². The second kappa shape index (κ2) is 10.9. The summed E-state index contributed by atoms with van der Waals surface area (Å²) in [5, 5.41) is 0. The van der Waals surface area contributed by atoms with Gasteiger partial charge in [-0.25, -0.2) is 9.97 Å². The van der Waals surface area contributed by atoms with Crippen molar-refractivity contribution in [2.45, 2.75) is 52.2 Å². The highest BCUT2D eigenvalue weighted by atomic mass is 79.9. The van der Waals surface area contributed by atoms with Crippen LogP contribution < -0.4 is 4.90 Å². The molecule has 1 amide bonds. The summed E-state index contributed by atoms with van der Waals surface area (Å²) in [4.78, 5) is 61.6. The smallest absolute Gasteiger partial charge is 0.303 e. The predicted octanol–water partition coefficient (Wildman–Crippen LogP) is 1.45. The average molecular weight is 554 g/mol. The van der Waals surface area contributed by atoms with Gasteiger partial charge in [-0.3, -0.25) is 28.6 Å². The van der Waals surface area contributed by atoms with Crippen molar-refractivity contribution < 1.29 is 38.1 Å². The van der Waals surface area contributed by atoms with Crippen molar-refractivity contribution in [2.75, 3.05) is 18.1 Å². The van der Waals surface area contributed by atoms with E-state index in [-0.39, 0.29) is 30.7 Å². The van der Waals surface area contributed by atoms with Crippen LogP contribution in [0.1, 0.15) is 33.9 Å². The van der Waals surface area contributed by atoms with Gasteiger partial charge < -0.3 is 18.9 Å². The highest BCUT2D eigenvalue weighted by Crippen LogP contribution is 2.37. The van der Waals surface area contributed by atoms with Crippen molar-refractivity contribution in [2.24, 2.45) is 0 Å². The van der Waals surface area contributed by atoms with E-state index in [1.165, 1.54) is 49.6 Å². The molecular weight excluding hydrogens is 530 g/mol. The maximum Gasteiger partial charge on any atom is 0.303 e. The van der Waals surface area contributed by atoms with Gasteiger partial charge in [-0.1, -0.05) is 6.08 Å². The molecule has 14 heteroatoms. The fraction of sp³-hybridized carbons (Fsp3) is 0.476. The van der Waals surface area contributed by atoms with Crippen molar-refractivity contribution in [1.82, 2.24) is 19.5 Å². The molecule has 1 saturated heterocycles. The maximum atomic E-state index is 12.1. The summed E-state index contributed by atoms with van der Waals surface area (Å²) in [6.45, 7) is 8.53. The van der Waals surface area contributed by atoms with E-state index in [4.69, 9.17) is 18.9 Å². The van der Waals surface area contributed by atoms with Gasteiger partial charge in [-0.15, -0.1) is 6.58 Å². The fourth-order valence-electron chi connectivity index (χ4n) is 3.58. The minimum Gasteiger partial charge on any atom is -0.463 e. The van der Waals surface area contributed by atoms with Gasteiger partial charge in [0.2, 0.25) is 11.9 Å². The van der Waals surface area contributed by atoms with Crippen molar-refractivity contribution in [3.63, 3.8) is 0 Å². The van der Waals surface area contributed by atoms with Crippen LogP contribution in [0.25, 0.3) is 11.2 Å². The maximum absolute atomic E-state index is 12.1. The molecule has 0 N–H and O–H groups in total. The lowest BCUT2D eigenvalue weighted by Gasteiger charge is -2.24. The van der Waals surface area contributed by atoms with Crippen molar-refractivity contribution >= 4 is 56.9 Å². The number of carbonyl (C=O) groups excluding carboxylic acids is 4. The van der Waals surface area contributed by atoms with Crippen LogP contribution in [0.2, 0.25) is 0 Å². The topological polar surface area (TPSA) is 152 Å². The first-order valence-electron chi connectivity index (χ1n) is 10.5. The van der Waals surface area contributed by atoms with E-state index in [1.807, 2.05) is 0 Å². The van der Waals surface area contributed by atoms with Crippen LogP contribution in [-0.2, 0) is 38.1 Å². The highest BCUT2D eigenvalue weighted by Gasteiger charge is 2.51. The lowest BCUT2D eigenvalue weighted by Crippen LogP contribution is -2.40. The molecule has 3 rings (SSSR count). The number of nitrogens with zero attached hydrogens (tertiary/aromatic N) is 5. The molecule has 35 heavy (non-hydrogen) atoms. The Hall–Kier alpha value is -3.39. The first-order valence-corrected chi connectivity index (χ1v) is 11.2. The number of anilines is 1. The molecule has 0 aliphatic carbocycles. The van der Waals surface area contributed by atoms with E-state index in [2.05, 4.69) is 37.5 Å². The summed E-state index contributed by atoms with van der Waals surface area (Å²) in [5.41, 5.74) is 0.586. The fourth-order valence-corrected chi connectivity index (χ4v) is 4.01. The molecule has 188 valence electrons. The Kier molecular flexibility index (Phi) is 8.17. The molecule has 0 bridgehead atoms. The third kappa shape index (κ3) is 5.82. The number of aromatic nitrogens is 4. The van der Waals surface area contributed by atoms with E-state index < -0.39 is 42.4 Å². The van der Waals surface area contributed by atoms with Gasteiger partial charge in [0.15, 0.2) is 24.1 Å². The number of fused-ring (bicyclic) bond motifs is 1. The molecule has 0 saturated carbocycles. The summed E-state index contributed by atoms with van der Waals surface area (Å²) in [7, 11) is 0. The molecule has 1 fully saturated rings. The zero-order valence-corrected chi connectivity index (χ0v) is 21.1. The minimum absolute atomic E-state index is 0.0774. The molecule has 13 nitrogen and oxygen atoms in total. The Morgan fingerprint density at radius 1 is 1.11 bits per heavy atom. The van der Waals surface area contributed by atoms with E-state index in [0.29, 0.717) is 10.1 Å².